The van der Waals surface area contributed by atoms with Crippen LogP contribution in [0.5, 0.6) is 5.75 Å². The molecule has 0 fully saturated rings. The predicted molar refractivity (Wildman–Crippen MR) is 46.3 cm³/mol. The maximum atomic E-state index is 10.3. The van der Waals surface area contributed by atoms with Gasteiger partial charge in [0.2, 0.25) is 0 Å². The third-order valence-electron chi connectivity index (χ3n) is 0.968. The van der Waals surface area contributed by atoms with E-state index < -0.39 is 7.82 Å². The second-order valence-corrected chi connectivity index (χ2v) is 3.06. The monoisotopic (exact) mass is 214 g/mol. The molecule has 0 aliphatic carbocycles. The number of rotatable bonds is 2. The second-order valence-electron chi connectivity index (χ2n) is 1.89. The molecular weight excluding hydrogens is 206 g/mol. The Labute approximate surface area is 113 Å². The molecule has 0 aliphatic heterocycles. The number of hydrogen-bond donors (Lipinski definition) is 2. The van der Waals surface area contributed by atoms with Crippen molar-refractivity contribution in [1.29, 1.82) is 0 Å². The number of benzene rings is 1. The molecule has 2 N–H and O–H groups in total. The standard InChI is InChI=1S/C6H7O4P.K.H/c7-11(8,9)10-6-4-2-1-3-5-6;;/h1-5H,(H2,7,8,9);;. The Bertz CT molecular complexity index is 270. The van der Waals surface area contributed by atoms with Gasteiger partial charge >= 0.3 is 59.2 Å². The Morgan fingerprint density at radius 3 is 2.08 bits per heavy atom. The molecule has 0 amide bonds. The van der Waals surface area contributed by atoms with E-state index >= 15 is 0 Å². The van der Waals surface area contributed by atoms with Crippen LogP contribution in [0.3, 0.4) is 0 Å². The van der Waals surface area contributed by atoms with Crippen LogP contribution in [0.25, 0.3) is 0 Å². The molecule has 0 bridgehead atoms. The SMILES string of the molecule is O=P(O)(O)Oc1ccccc1.[KH]. The maximum absolute atomic E-state index is 10.3. The Balaban J connectivity index is 0.00000121. The molecule has 0 atom stereocenters. The van der Waals surface area contributed by atoms with Gasteiger partial charge in [-0.05, 0) is 12.1 Å². The molecule has 0 saturated carbocycles. The summed E-state index contributed by atoms with van der Waals surface area (Å²) in [6, 6.07) is 7.93. The van der Waals surface area contributed by atoms with Crippen LogP contribution in [-0.2, 0) is 4.57 Å². The fourth-order valence-electron chi connectivity index (χ4n) is 0.619. The minimum atomic E-state index is -4.39. The van der Waals surface area contributed by atoms with Crippen LogP contribution < -0.4 is 4.52 Å². The quantitative estimate of drug-likeness (QED) is 0.556. The number of phosphoric acid groups is 1. The van der Waals surface area contributed by atoms with Gasteiger partial charge in [0.1, 0.15) is 5.75 Å². The molecule has 4 nitrogen and oxygen atoms in total. The van der Waals surface area contributed by atoms with E-state index in [9.17, 15) is 4.57 Å². The van der Waals surface area contributed by atoms with Crippen LogP contribution in [0.2, 0.25) is 0 Å². The fourth-order valence-corrected chi connectivity index (χ4v) is 1.02. The Morgan fingerprint density at radius 2 is 1.67 bits per heavy atom. The molecule has 0 spiro atoms. The van der Waals surface area contributed by atoms with E-state index in [-0.39, 0.29) is 57.1 Å². The molecule has 0 saturated heterocycles. The van der Waals surface area contributed by atoms with Gasteiger partial charge in [-0.25, -0.2) is 4.57 Å². The average Bonchev–Trinajstić information content (AvgIpc) is 1.85. The first kappa shape index (κ1) is 12.8. The average molecular weight is 214 g/mol. The van der Waals surface area contributed by atoms with E-state index in [4.69, 9.17) is 9.79 Å². The molecule has 62 valence electrons. The van der Waals surface area contributed by atoms with Crippen LogP contribution >= 0.6 is 7.82 Å². The summed E-state index contributed by atoms with van der Waals surface area (Å²) in [6.45, 7) is 0. The first-order valence-corrected chi connectivity index (χ1v) is 4.41. The van der Waals surface area contributed by atoms with Crippen LogP contribution in [0.1, 0.15) is 0 Å². The number of para-hydroxylation sites is 1. The van der Waals surface area contributed by atoms with Crippen molar-refractivity contribution in [2.75, 3.05) is 0 Å². The summed E-state index contributed by atoms with van der Waals surface area (Å²) in [5.41, 5.74) is 0. The third-order valence-corrected chi connectivity index (χ3v) is 1.42. The summed E-state index contributed by atoms with van der Waals surface area (Å²) >= 11 is 0. The van der Waals surface area contributed by atoms with Gasteiger partial charge in [-0.2, -0.15) is 0 Å². The van der Waals surface area contributed by atoms with Gasteiger partial charge in [-0.3, -0.25) is 9.79 Å². The minimum absolute atomic E-state index is 0. The van der Waals surface area contributed by atoms with Crippen molar-refractivity contribution < 1.29 is 18.9 Å². The summed E-state index contributed by atoms with van der Waals surface area (Å²) < 4.78 is 14.5. The number of phosphoric ester groups is 1. The van der Waals surface area contributed by atoms with Crippen molar-refractivity contribution >= 4 is 59.2 Å². The zero-order valence-electron chi connectivity index (χ0n) is 5.54. The molecule has 0 unspecified atom stereocenters. The summed E-state index contributed by atoms with van der Waals surface area (Å²) in [5.74, 6) is 0.167. The Morgan fingerprint density at radius 1 is 1.17 bits per heavy atom. The van der Waals surface area contributed by atoms with Crippen LogP contribution in [0.4, 0.5) is 0 Å². The Kier molecular flexibility index (Phi) is 5.89. The van der Waals surface area contributed by atoms with Crippen molar-refractivity contribution in [3.05, 3.63) is 30.3 Å². The molecule has 0 aliphatic rings. The molecule has 6 heteroatoms. The molecule has 1 aromatic rings. The second kappa shape index (κ2) is 5.52. The van der Waals surface area contributed by atoms with Gasteiger partial charge in [0.25, 0.3) is 0 Å². The summed E-state index contributed by atoms with van der Waals surface area (Å²) in [6.07, 6.45) is 0. The molecule has 0 heterocycles. The molecule has 0 radical (unpaired) electrons. The van der Waals surface area contributed by atoms with Crippen LogP contribution in [0, 0.1) is 0 Å². The third kappa shape index (κ3) is 5.45. The van der Waals surface area contributed by atoms with Gasteiger partial charge in [0, 0.05) is 0 Å². The predicted octanol–water partition coefficient (Wildman–Crippen LogP) is 0.510. The van der Waals surface area contributed by atoms with Crippen molar-refractivity contribution in [1.82, 2.24) is 0 Å². The molecule has 12 heavy (non-hydrogen) atoms. The Hall–Kier alpha value is 0.806. The van der Waals surface area contributed by atoms with E-state index in [0.29, 0.717) is 0 Å². The van der Waals surface area contributed by atoms with Crippen molar-refractivity contribution in [3.8, 4) is 5.75 Å². The van der Waals surface area contributed by atoms with Crippen molar-refractivity contribution in [3.63, 3.8) is 0 Å². The first-order valence-electron chi connectivity index (χ1n) is 2.88. The normalized spacial score (nSPS) is 10.2. The molecule has 1 rings (SSSR count). The fraction of sp³-hybridized carbons (Fsp3) is 0. The van der Waals surface area contributed by atoms with Gasteiger partial charge in [0.15, 0.2) is 0 Å². The summed E-state index contributed by atoms with van der Waals surface area (Å²) in [5, 5.41) is 0. The molecular formula is C6H8KO4P. The van der Waals surface area contributed by atoms with Gasteiger partial charge in [0.05, 0.1) is 0 Å². The zero-order valence-corrected chi connectivity index (χ0v) is 6.44. The topological polar surface area (TPSA) is 66.8 Å². The van der Waals surface area contributed by atoms with Gasteiger partial charge in [-0.1, -0.05) is 18.2 Å². The molecule has 0 aromatic heterocycles. The van der Waals surface area contributed by atoms with E-state index in [1.54, 1.807) is 18.2 Å². The van der Waals surface area contributed by atoms with E-state index in [2.05, 4.69) is 4.52 Å². The summed E-state index contributed by atoms with van der Waals surface area (Å²) in [4.78, 5) is 16.7. The van der Waals surface area contributed by atoms with Crippen molar-refractivity contribution in [2.24, 2.45) is 0 Å². The van der Waals surface area contributed by atoms with Crippen molar-refractivity contribution in [2.45, 2.75) is 0 Å². The zero-order chi connectivity index (χ0) is 8.32. The van der Waals surface area contributed by atoms with E-state index in [0.717, 1.165) is 0 Å². The van der Waals surface area contributed by atoms with Crippen LogP contribution in [-0.4, -0.2) is 61.2 Å². The number of hydrogen-bond acceptors (Lipinski definition) is 2. The van der Waals surface area contributed by atoms with E-state index in [1.807, 2.05) is 0 Å². The van der Waals surface area contributed by atoms with Gasteiger partial charge < -0.3 is 4.52 Å². The first-order chi connectivity index (χ1) is 5.08. The molecule has 1 aromatic carbocycles. The van der Waals surface area contributed by atoms with Gasteiger partial charge in [-0.15, -0.1) is 0 Å². The summed E-state index contributed by atoms with van der Waals surface area (Å²) in [7, 11) is -4.39. The van der Waals surface area contributed by atoms with E-state index in [1.165, 1.54) is 12.1 Å². The van der Waals surface area contributed by atoms with Crippen LogP contribution in [0.15, 0.2) is 30.3 Å².